The molecule has 2 aromatic carbocycles. The van der Waals surface area contributed by atoms with Gasteiger partial charge in [0.2, 0.25) is 0 Å². The van der Waals surface area contributed by atoms with Crippen LogP contribution in [0.25, 0.3) is 0 Å². The van der Waals surface area contributed by atoms with E-state index in [9.17, 15) is 18.4 Å². The molecule has 3 rings (SSSR count). The molecular weight excluding hydrogens is 382 g/mol. The Bertz CT molecular complexity index is 975. The third-order valence-corrected chi connectivity index (χ3v) is 3.58. The normalized spacial score (nSPS) is 11.1. The molecule has 0 saturated heterocycles. The van der Waals surface area contributed by atoms with Crippen molar-refractivity contribution in [3.8, 4) is 0 Å². The second-order valence-electron chi connectivity index (χ2n) is 5.63. The first kappa shape index (κ1) is 19.5. The summed E-state index contributed by atoms with van der Waals surface area (Å²) in [7, 11) is 0. The van der Waals surface area contributed by atoms with E-state index in [4.69, 9.17) is 0 Å². The number of carbonyl (C=O) groups is 2. The fourth-order valence-corrected chi connectivity index (χ4v) is 2.18. The molecule has 3 aromatic rings. The number of hydrazone groups is 2. The molecule has 0 aliphatic rings. The number of aromatic amines is 1. The smallest absolute Gasteiger partial charge is 0.292 e. The van der Waals surface area contributed by atoms with E-state index in [0.29, 0.717) is 11.1 Å². The first-order valence-corrected chi connectivity index (χ1v) is 8.24. The Morgan fingerprint density at radius 3 is 1.83 bits per heavy atom. The van der Waals surface area contributed by atoms with Gasteiger partial charge in [0.25, 0.3) is 11.8 Å². The standard InChI is InChI=1S/C19H14F2N6O2/c20-14-5-1-12(2-6-14)9-24-26-18(28)16-17(23-11-22-16)19(29)27-25-10-13-3-7-15(21)8-4-13/h1-11H,(H,22,23)(H,26,28)(H,27,29)/b24-9+,25-10+. The number of benzene rings is 2. The second kappa shape index (κ2) is 9.13. The average Bonchev–Trinajstić information content (AvgIpc) is 3.21. The first-order valence-electron chi connectivity index (χ1n) is 8.24. The van der Waals surface area contributed by atoms with E-state index >= 15 is 0 Å². The molecule has 2 amide bonds. The molecule has 0 unspecified atom stereocenters. The van der Waals surface area contributed by atoms with Gasteiger partial charge in [-0.05, 0) is 35.4 Å². The summed E-state index contributed by atoms with van der Waals surface area (Å²) in [5.74, 6) is -2.20. The highest BCUT2D eigenvalue weighted by atomic mass is 19.1. The van der Waals surface area contributed by atoms with Gasteiger partial charge in [-0.15, -0.1) is 0 Å². The maximum absolute atomic E-state index is 12.9. The lowest BCUT2D eigenvalue weighted by atomic mass is 10.2. The Labute approximate surface area is 163 Å². The van der Waals surface area contributed by atoms with Crippen molar-refractivity contribution in [2.45, 2.75) is 0 Å². The van der Waals surface area contributed by atoms with Gasteiger partial charge in [-0.25, -0.2) is 24.6 Å². The van der Waals surface area contributed by atoms with Gasteiger partial charge in [0.15, 0.2) is 5.69 Å². The van der Waals surface area contributed by atoms with Crippen LogP contribution in [0.5, 0.6) is 0 Å². The molecule has 1 heterocycles. The summed E-state index contributed by atoms with van der Waals surface area (Å²) in [5.41, 5.74) is 5.32. The van der Waals surface area contributed by atoms with Gasteiger partial charge < -0.3 is 4.98 Å². The van der Waals surface area contributed by atoms with Crippen LogP contribution in [-0.4, -0.2) is 34.2 Å². The predicted octanol–water partition coefficient (Wildman–Crippen LogP) is 2.22. The van der Waals surface area contributed by atoms with E-state index in [1.807, 2.05) is 0 Å². The highest BCUT2D eigenvalue weighted by molar-refractivity contribution is 6.05. The summed E-state index contributed by atoms with van der Waals surface area (Å²) in [5, 5.41) is 7.49. The minimum Gasteiger partial charge on any atom is -0.340 e. The molecule has 8 nitrogen and oxygen atoms in total. The van der Waals surface area contributed by atoms with Crippen molar-refractivity contribution in [1.29, 1.82) is 0 Å². The fourth-order valence-electron chi connectivity index (χ4n) is 2.18. The monoisotopic (exact) mass is 396 g/mol. The predicted molar refractivity (Wildman–Crippen MR) is 102 cm³/mol. The Kier molecular flexibility index (Phi) is 6.15. The number of hydrogen-bond acceptors (Lipinski definition) is 5. The van der Waals surface area contributed by atoms with E-state index in [1.165, 1.54) is 67.3 Å². The van der Waals surface area contributed by atoms with Crippen molar-refractivity contribution in [2.75, 3.05) is 0 Å². The molecule has 0 saturated carbocycles. The summed E-state index contributed by atoms with van der Waals surface area (Å²) in [6, 6.07) is 11.0. The lowest BCUT2D eigenvalue weighted by Gasteiger charge is -2.01. The van der Waals surface area contributed by atoms with Crippen LogP contribution in [0, 0.1) is 11.6 Å². The van der Waals surface area contributed by atoms with Gasteiger partial charge in [-0.3, -0.25) is 9.59 Å². The number of nitrogens with zero attached hydrogens (tertiary/aromatic N) is 3. The van der Waals surface area contributed by atoms with Crippen LogP contribution in [-0.2, 0) is 0 Å². The fraction of sp³-hybridized carbons (Fsp3) is 0. The quantitative estimate of drug-likeness (QED) is 0.439. The zero-order valence-corrected chi connectivity index (χ0v) is 14.8. The van der Waals surface area contributed by atoms with E-state index in [0.717, 1.165) is 0 Å². The average molecular weight is 396 g/mol. The van der Waals surface area contributed by atoms with Crippen LogP contribution in [0.2, 0.25) is 0 Å². The number of amides is 2. The van der Waals surface area contributed by atoms with Gasteiger partial charge in [-0.2, -0.15) is 10.2 Å². The van der Waals surface area contributed by atoms with E-state index in [-0.39, 0.29) is 23.0 Å². The number of H-pyrrole nitrogens is 1. The molecule has 3 N–H and O–H groups in total. The molecule has 1 aromatic heterocycles. The lowest BCUT2D eigenvalue weighted by Crippen LogP contribution is -2.25. The molecule has 0 aliphatic carbocycles. The molecule has 10 heteroatoms. The number of imidazole rings is 1. The number of carbonyl (C=O) groups excluding carboxylic acids is 2. The summed E-state index contributed by atoms with van der Waals surface area (Å²) < 4.78 is 25.7. The third kappa shape index (κ3) is 5.39. The van der Waals surface area contributed by atoms with Crippen molar-refractivity contribution in [1.82, 2.24) is 20.8 Å². The van der Waals surface area contributed by atoms with E-state index in [1.54, 1.807) is 0 Å². The van der Waals surface area contributed by atoms with Crippen LogP contribution in [0.15, 0.2) is 65.1 Å². The Hall–Kier alpha value is -4.21. The van der Waals surface area contributed by atoms with Crippen molar-refractivity contribution in [2.24, 2.45) is 10.2 Å². The Morgan fingerprint density at radius 2 is 1.31 bits per heavy atom. The molecule has 0 bridgehead atoms. The van der Waals surface area contributed by atoms with Gasteiger partial charge in [-0.1, -0.05) is 24.3 Å². The molecule has 146 valence electrons. The lowest BCUT2D eigenvalue weighted by molar-refractivity contribution is 0.0915. The number of nitrogens with one attached hydrogen (secondary N) is 3. The number of halogens is 2. The van der Waals surface area contributed by atoms with Crippen molar-refractivity contribution >= 4 is 24.2 Å². The first-order chi connectivity index (χ1) is 14.0. The summed E-state index contributed by atoms with van der Waals surface area (Å²) >= 11 is 0. The Balaban J connectivity index is 1.60. The zero-order chi connectivity index (χ0) is 20.6. The van der Waals surface area contributed by atoms with Crippen LogP contribution in [0.4, 0.5) is 8.78 Å². The second-order valence-corrected chi connectivity index (χ2v) is 5.63. The van der Waals surface area contributed by atoms with Crippen molar-refractivity contribution < 1.29 is 18.4 Å². The van der Waals surface area contributed by atoms with Crippen LogP contribution < -0.4 is 10.9 Å². The molecule has 0 atom stereocenters. The van der Waals surface area contributed by atoms with Gasteiger partial charge in [0, 0.05) is 0 Å². The zero-order valence-electron chi connectivity index (χ0n) is 14.8. The summed E-state index contributed by atoms with van der Waals surface area (Å²) in [4.78, 5) is 30.7. The Morgan fingerprint density at radius 1 is 0.828 bits per heavy atom. The molecule has 0 aliphatic heterocycles. The third-order valence-electron chi connectivity index (χ3n) is 3.58. The van der Waals surface area contributed by atoms with Gasteiger partial charge >= 0.3 is 0 Å². The highest BCUT2D eigenvalue weighted by Gasteiger charge is 2.19. The maximum atomic E-state index is 12.9. The summed E-state index contributed by atoms with van der Waals surface area (Å²) in [6.45, 7) is 0. The van der Waals surface area contributed by atoms with Crippen LogP contribution in [0.1, 0.15) is 32.1 Å². The molecule has 0 fully saturated rings. The van der Waals surface area contributed by atoms with Gasteiger partial charge in [0.05, 0.1) is 18.8 Å². The maximum Gasteiger partial charge on any atom is 0.292 e. The largest absolute Gasteiger partial charge is 0.340 e. The number of hydrogen-bond donors (Lipinski definition) is 3. The SMILES string of the molecule is O=C(N/N=C/c1ccc(F)cc1)c1nc[nH]c1C(=O)N/N=C/c1ccc(F)cc1. The van der Waals surface area contributed by atoms with Gasteiger partial charge in [0.1, 0.15) is 17.3 Å². The molecule has 0 radical (unpaired) electrons. The molecule has 29 heavy (non-hydrogen) atoms. The number of aromatic nitrogens is 2. The molecule has 0 spiro atoms. The minimum atomic E-state index is -0.725. The van der Waals surface area contributed by atoms with Crippen LogP contribution >= 0.6 is 0 Å². The number of rotatable bonds is 6. The van der Waals surface area contributed by atoms with Crippen molar-refractivity contribution in [3.05, 3.63) is 89.0 Å². The van der Waals surface area contributed by atoms with E-state index in [2.05, 4.69) is 31.0 Å². The van der Waals surface area contributed by atoms with Crippen LogP contribution in [0.3, 0.4) is 0 Å². The summed E-state index contributed by atoms with van der Waals surface area (Å²) in [6.07, 6.45) is 3.81. The minimum absolute atomic E-state index is 0.115. The van der Waals surface area contributed by atoms with E-state index < -0.39 is 11.8 Å². The molecular formula is C19H14F2N6O2. The topological polar surface area (TPSA) is 112 Å². The van der Waals surface area contributed by atoms with Crippen molar-refractivity contribution in [3.63, 3.8) is 0 Å². The highest BCUT2D eigenvalue weighted by Crippen LogP contribution is 2.04.